The molecule has 0 aromatic heterocycles. The second-order valence-corrected chi connectivity index (χ2v) is 2.61. The van der Waals surface area contributed by atoms with Crippen LogP contribution in [0.25, 0.3) is 0 Å². The number of alkyl halides is 2. The molecule has 0 aromatic rings. The summed E-state index contributed by atoms with van der Waals surface area (Å²) in [6.07, 6.45) is 0. The van der Waals surface area contributed by atoms with Crippen LogP contribution in [0.3, 0.4) is 0 Å². The molecule has 0 aliphatic carbocycles. The third-order valence-corrected chi connectivity index (χ3v) is 2.12. The van der Waals surface area contributed by atoms with Gasteiger partial charge >= 0.3 is 0 Å². The number of halogens is 2. The Bertz CT molecular complexity index is 108. The van der Waals surface area contributed by atoms with Crippen molar-refractivity contribution >= 4 is 23.2 Å². The maximum atomic E-state index is 9.34. The van der Waals surface area contributed by atoms with Crippen molar-refractivity contribution in [2.24, 2.45) is 0 Å². The smallest absolute Gasteiger partial charge is 0.112 e. The van der Waals surface area contributed by atoms with E-state index in [-0.39, 0.29) is 11.8 Å². The van der Waals surface area contributed by atoms with Crippen LogP contribution in [-0.2, 0) is 0 Å². The van der Waals surface area contributed by atoms with E-state index in [2.05, 4.69) is 6.58 Å². The van der Waals surface area contributed by atoms with Gasteiger partial charge in [0.05, 0.1) is 11.8 Å². The average Bonchev–Trinajstić information content (AvgIpc) is 1.86. The molecule has 0 rings (SSSR count). The first-order valence-corrected chi connectivity index (χ1v) is 3.64. The molecule has 0 bridgehead atoms. The molecule has 0 spiro atoms. The summed E-state index contributed by atoms with van der Waals surface area (Å²) in [4.78, 5) is 0. The monoisotopic (exact) mass is 168 g/mol. The largest absolute Gasteiger partial charge is 0.383 e. The minimum Gasteiger partial charge on any atom is -0.383 e. The highest BCUT2D eigenvalue weighted by atomic mass is 35.5. The quantitative estimate of drug-likeness (QED) is 0.504. The molecular weight excluding hydrogens is 159 g/mol. The topological polar surface area (TPSA) is 20.2 Å². The Morgan fingerprint density at radius 2 is 1.89 bits per heavy atom. The second-order valence-electron chi connectivity index (χ2n) is 2.08. The molecule has 3 heteroatoms. The van der Waals surface area contributed by atoms with Crippen molar-refractivity contribution in [3.63, 3.8) is 0 Å². The Kier molecular flexibility index (Phi) is 3.56. The molecule has 0 amide bonds. The van der Waals surface area contributed by atoms with E-state index >= 15 is 0 Å². The highest BCUT2D eigenvalue weighted by molar-refractivity contribution is 6.22. The summed E-state index contributed by atoms with van der Waals surface area (Å²) in [5, 5.41) is 9.34. The number of aliphatic hydroxyl groups is 1. The van der Waals surface area contributed by atoms with Crippen molar-refractivity contribution in [2.45, 2.75) is 12.5 Å². The Balaban J connectivity index is 4.09. The van der Waals surface area contributed by atoms with Crippen molar-refractivity contribution < 1.29 is 5.11 Å². The summed E-state index contributed by atoms with van der Waals surface area (Å²) in [5.41, 5.74) is -0.476. The van der Waals surface area contributed by atoms with Gasteiger partial charge in [-0.2, -0.15) is 0 Å². The molecule has 9 heavy (non-hydrogen) atoms. The zero-order valence-electron chi connectivity index (χ0n) is 5.32. The van der Waals surface area contributed by atoms with Gasteiger partial charge in [-0.3, -0.25) is 0 Å². The lowest BCUT2D eigenvalue weighted by Crippen LogP contribution is -2.33. The average molecular weight is 169 g/mol. The van der Waals surface area contributed by atoms with Crippen molar-refractivity contribution in [1.29, 1.82) is 0 Å². The maximum Gasteiger partial charge on any atom is 0.112 e. The first kappa shape index (κ1) is 9.28. The van der Waals surface area contributed by atoms with E-state index in [0.29, 0.717) is 5.57 Å². The van der Waals surface area contributed by atoms with Crippen molar-refractivity contribution in [3.8, 4) is 0 Å². The van der Waals surface area contributed by atoms with Gasteiger partial charge in [0.2, 0.25) is 0 Å². The Morgan fingerprint density at radius 3 is 1.89 bits per heavy atom. The van der Waals surface area contributed by atoms with Crippen LogP contribution in [0.2, 0.25) is 0 Å². The standard InChI is InChI=1S/C6H10Cl2O/c1-5(2)6(9,3-7)4-8/h9H,1,3-4H2,2H3. The molecule has 0 heterocycles. The molecule has 0 unspecified atom stereocenters. The van der Waals surface area contributed by atoms with Gasteiger partial charge in [0, 0.05) is 0 Å². The van der Waals surface area contributed by atoms with Crippen LogP contribution < -0.4 is 0 Å². The van der Waals surface area contributed by atoms with Gasteiger partial charge in [0.25, 0.3) is 0 Å². The van der Waals surface area contributed by atoms with E-state index < -0.39 is 5.60 Å². The van der Waals surface area contributed by atoms with Crippen LogP contribution in [0.15, 0.2) is 12.2 Å². The lowest BCUT2D eigenvalue weighted by atomic mass is 10.0. The lowest BCUT2D eigenvalue weighted by molar-refractivity contribution is 0.127. The number of hydrogen-bond donors (Lipinski definition) is 1. The predicted molar refractivity (Wildman–Crippen MR) is 41.2 cm³/mol. The van der Waals surface area contributed by atoms with Gasteiger partial charge in [-0.1, -0.05) is 6.58 Å². The van der Waals surface area contributed by atoms with Gasteiger partial charge in [-0.05, 0) is 12.5 Å². The van der Waals surface area contributed by atoms with E-state index in [1.54, 1.807) is 6.92 Å². The summed E-state index contributed by atoms with van der Waals surface area (Å²) in [6, 6.07) is 0. The Labute approximate surface area is 65.3 Å². The van der Waals surface area contributed by atoms with Crippen LogP contribution in [0.4, 0.5) is 0 Å². The van der Waals surface area contributed by atoms with Gasteiger partial charge in [-0.25, -0.2) is 0 Å². The van der Waals surface area contributed by atoms with Gasteiger partial charge in [-0.15, -0.1) is 23.2 Å². The molecule has 0 saturated carbocycles. The van der Waals surface area contributed by atoms with Crippen LogP contribution in [0.1, 0.15) is 6.92 Å². The highest BCUT2D eigenvalue weighted by Crippen LogP contribution is 2.17. The van der Waals surface area contributed by atoms with Gasteiger partial charge in [0.1, 0.15) is 5.60 Å². The molecule has 0 fully saturated rings. The zero-order chi connectivity index (χ0) is 7.49. The molecule has 54 valence electrons. The molecule has 0 radical (unpaired) electrons. The van der Waals surface area contributed by atoms with Crippen molar-refractivity contribution in [1.82, 2.24) is 0 Å². The van der Waals surface area contributed by atoms with Crippen molar-refractivity contribution in [2.75, 3.05) is 11.8 Å². The number of rotatable bonds is 3. The summed E-state index contributed by atoms with van der Waals surface area (Å²) < 4.78 is 0. The summed E-state index contributed by atoms with van der Waals surface area (Å²) in [5.74, 6) is 0.206. The van der Waals surface area contributed by atoms with Crippen LogP contribution in [-0.4, -0.2) is 22.5 Å². The molecular formula is C6H10Cl2O. The van der Waals surface area contributed by atoms with Crippen LogP contribution >= 0.6 is 23.2 Å². The summed E-state index contributed by atoms with van der Waals surface area (Å²) >= 11 is 10.8. The third kappa shape index (κ3) is 2.17. The maximum absolute atomic E-state index is 9.34. The first-order chi connectivity index (χ1) is 4.06. The fourth-order valence-corrected chi connectivity index (χ4v) is 1.01. The molecule has 0 aromatic carbocycles. The SMILES string of the molecule is C=C(C)C(O)(CCl)CCl. The minimum atomic E-state index is -1.08. The first-order valence-electron chi connectivity index (χ1n) is 2.57. The predicted octanol–water partition coefficient (Wildman–Crippen LogP) is 1.77. The summed E-state index contributed by atoms with van der Waals surface area (Å²) in [6.45, 7) is 5.25. The number of hydrogen-bond acceptors (Lipinski definition) is 1. The lowest BCUT2D eigenvalue weighted by Gasteiger charge is -2.22. The van der Waals surface area contributed by atoms with E-state index in [1.807, 2.05) is 0 Å². The third-order valence-electron chi connectivity index (χ3n) is 1.24. The van der Waals surface area contributed by atoms with Crippen LogP contribution in [0, 0.1) is 0 Å². The van der Waals surface area contributed by atoms with E-state index in [4.69, 9.17) is 23.2 Å². The Hall–Kier alpha value is 0.280. The van der Waals surface area contributed by atoms with E-state index in [9.17, 15) is 5.11 Å². The molecule has 0 aliphatic rings. The molecule has 0 aliphatic heterocycles. The van der Waals surface area contributed by atoms with E-state index in [0.717, 1.165) is 0 Å². The molecule has 1 N–H and O–H groups in total. The Morgan fingerprint density at radius 1 is 1.56 bits per heavy atom. The van der Waals surface area contributed by atoms with Crippen LogP contribution in [0.5, 0.6) is 0 Å². The second kappa shape index (κ2) is 3.45. The minimum absolute atomic E-state index is 0.103. The summed E-state index contributed by atoms with van der Waals surface area (Å²) in [7, 11) is 0. The zero-order valence-corrected chi connectivity index (χ0v) is 6.84. The normalized spacial score (nSPS) is 11.6. The van der Waals surface area contributed by atoms with Crippen molar-refractivity contribution in [3.05, 3.63) is 12.2 Å². The van der Waals surface area contributed by atoms with E-state index in [1.165, 1.54) is 0 Å². The fourth-order valence-electron chi connectivity index (χ4n) is 0.264. The van der Waals surface area contributed by atoms with Gasteiger partial charge in [0.15, 0.2) is 0 Å². The molecule has 0 saturated heterocycles. The highest BCUT2D eigenvalue weighted by Gasteiger charge is 2.24. The van der Waals surface area contributed by atoms with Gasteiger partial charge < -0.3 is 5.11 Å². The fraction of sp³-hybridized carbons (Fsp3) is 0.667. The molecule has 1 nitrogen and oxygen atoms in total. The molecule has 0 atom stereocenters.